The molecule has 2 nitrogen and oxygen atoms in total. The number of rotatable bonds is 2. The summed E-state index contributed by atoms with van der Waals surface area (Å²) in [5, 5.41) is -0.163. The fourth-order valence-electron chi connectivity index (χ4n) is 2.77. The van der Waals surface area contributed by atoms with E-state index in [0.717, 1.165) is 0 Å². The highest BCUT2D eigenvalue weighted by Gasteiger charge is 2.44. The molecule has 0 amide bonds. The molecular formula is C9H14ClNO. The van der Waals surface area contributed by atoms with Gasteiger partial charge in [-0.2, -0.15) is 0 Å². The molecule has 0 spiro atoms. The number of nitrogens with zero attached hydrogens (tertiary/aromatic N) is 1. The molecule has 0 N–H and O–H groups in total. The molecule has 2 saturated heterocycles. The Hall–Kier alpha value is -0.0800. The normalized spacial score (nSPS) is 27.4. The first-order chi connectivity index (χ1) is 5.73. The van der Waals surface area contributed by atoms with Crippen molar-refractivity contribution in [3.8, 4) is 0 Å². The van der Waals surface area contributed by atoms with Gasteiger partial charge in [-0.05, 0) is 50.4 Å². The fraction of sp³-hybridized carbons (Fsp3) is 0.889. The average Bonchev–Trinajstić information content (AvgIpc) is 2.42. The summed E-state index contributed by atoms with van der Waals surface area (Å²) < 4.78 is 0. The second-order valence-electron chi connectivity index (χ2n) is 3.95. The second kappa shape index (κ2) is 3.00. The van der Waals surface area contributed by atoms with Gasteiger partial charge >= 0.3 is 0 Å². The van der Waals surface area contributed by atoms with Crippen LogP contribution < -0.4 is 0 Å². The van der Waals surface area contributed by atoms with Gasteiger partial charge in [-0.1, -0.05) is 0 Å². The van der Waals surface area contributed by atoms with Crippen molar-refractivity contribution in [2.75, 3.05) is 13.1 Å². The van der Waals surface area contributed by atoms with E-state index in [4.69, 9.17) is 11.6 Å². The molecule has 3 heteroatoms. The molecule has 0 aromatic heterocycles. The number of carbonyl (C=O) groups excluding carboxylic acids is 1. The van der Waals surface area contributed by atoms with E-state index >= 15 is 0 Å². The van der Waals surface area contributed by atoms with Gasteiger partial charge in [0.2, 0.25) is 5.24 Å². The Balaban J connectivity index is 2.11. The number of fused-ring (bicyclic) bond motifs is 1. The number of hydrogen-bond donors (Lipinski definition) is 0. The Bertz CT molecular complexity index is 195. The molecule has 0 aliphatic carbocycles. The van der Waals surface area contributed by atoms with E-state index in [2.05, 4.69) is 4.90 Å². The standard InChI is InChI=1S/C9H14ClNO/c10-8(12)7-9-3-1-5-11(9)6-2-4-9/h1-7H2. The van der Waals surface area contributed by atoms with Gasteiger partial charge in [0, 0.05) is 12.0 Å². The monoisotopic (exact) mass is 187 g/mol. The van der Waals surface area contributed by atoms with Crippen molar-refractivity contribution in [1.29, 1.82) is 0 Å². The zero-order chi connectivity index (χ0) is 8.60. The van der Waals surface area contributed by atoms with Gasteiger partial charge in [-0.15, -0.1) is 0 Å². The maximum Gasteiger partial charge on any atom is 0.223 e. The summed E-state index contributed by atoms with van der Waals surface area (Å²) >= 11 is 5.45. The van der Waals surface area contributed by atoms with Crippen LogP contribution in [0.25, 0.3) is 0 Å². The van der Waals surface area contributed by atoms with E-state index in [9.17, 15) is 4.79 Å². The van der Waals surface area contributed by atoms with Crippen molar-refractivity contribution in [3.05, 3.63) is 0 Å². The third-order valence-corrected chi connectivity index (χ3v) is 3.41. The molecule has 0 atom stereocenters. The molecule has 0 unspecified atom stereocenters. The van der Waals surface area contributed by atoms with E-state index in [1.807, 2.05) is 0 Å². The SMILES string of the molecule is O=C(Cl)CC12CCCN1CCC2. The van der Waals surface area contributed by atoms with Crippen LogP contribution in [-0.4, -0.2) is 28.8 Å². The van der Waals surface area contributed by atoms with Crippen LogP contribution in [0.4, 0.5) is 0 Å². The number of carbonyl (C=O) groups is 1. The molecule has 12 heavy (non-hydrogen) atoms. The summed E-state index contributed by atoms with van der Waals surface area (Å²) in [6, 6.07) is 0. The van der Waals surface area contributed by atoms with Gasteiger partial charge in [0.1, 0.15) is 0 Å². The summed E-state index contributed by atoms with van der Waals surface area (Å²) in [5.41, 5.74) is 0.179. The molecule has 2 rings (SSSR count). The zero-order valence-electron chi connectivity index (χ0n) is 7.18. The molecular weight excluding hydrogens is 174 g/mol. The Kier molecular flexibility index (Phi) is 2.13. The molecule has 2 aliphatic heterocycles. The van der Waals surface area contributed by atoms with Gasteiger partial charge in [-0.25, -0.2) is 0 Å². The van der Waals surface area contributed by atoms with Gasteiger partial charge < -0.3 is 0 Å². The molecule has 0 aromatic rings. The number of hydrogen-bond acceptors (Lipinski definition) is 2. The summed E-state index contributed by atoms with van der Waals surface area (Å²) in [6.07, 6.45) is 5.39. The predicted octanol–water partition coefficient (Wildman–Crippen LogP) is 1.77. The van der Waals surface area contributed by atoms with Gasteiger partial charge in [0.25, 0.3) is 0 Å². The van der Waals surface area contributed by atoms with Crippen LogP contribution in [0, 0.1) is 0 Å². The topological polar surface area (TPSA) is 20.3 Å². The van der Waals surface area contributed by atoms with E-state index in [1.165, 1.54) is 38.8 Å². The van der Waals surface area contributed by atoms with Crippen LogP contribution in [0.2, 0.25) is 0 Å². The fourth-order valence-corrected chi connectivity index (χ4v) is 3.02. The van der Waals surface area contributed by atoms with E-state index < -0.39 is 0 Å². The Labute approximate surface area is 77.9 Å². The van der Waals surface area contributed by atoms with Crippen LogP contribution in [0.1, 0.15) is 32.1 Å². The second-order valence-corrected chi connectivity index (χ2v) is 4.37. The third-order valence-electron chi connectivity index (χ3n) is 3.28. The van der Waals surface area contributed by atoms with Crippen molar-refractivity contribution in [3.63, 3.8) is 0 Å². The lowest BCUT2D eigenvalue weighted by molar-refractivity contribution is -0.113. The quantitative estimate of drug-likeness (QED) is 0.615. The molecule has 2 fully saturated rings. The summed E-state index contributed by atoms with van der Waals surface area (Å²) in [5.74, 6) is 0. The first-order valence-electron chi connectivity index (χ1n) is 4.66. The highest BCUT2D eigenvalue weighted by Crippen LogP contribution is 2.41. The van der Waals surface area contributed by atoms with Crippen molar-refractivity contribution in [2.24, 2.45) is 0 Å². The predicted molar refractivity (Wildman–Crippen MR) is 48.2 cm³/mol. The van der Waals surface area contributed by atoms with Crippen molar-refractivity contribution in [2.45, 2.75) is 37.6 Å². The molecule has 0 bridgehead atoms. The summed E-state index contributed by atoms with van der Waals surface area (Å²) in [4.78, 5) is 13.3. The largest absolute Gasteiger partial charge is 0.297 e. The molecule has 68 valence electrons. The van der Waals surface area contributed by atoms with E-state index in [1.54, 1.807) is 0 Å². The lowest BCUT2D eigenvalue weighted by Gasteiger charge is -2.30. The average molecular weight is 188 g/mol. The molecule has 2 aliphatic rings. The molecule has 2 heterocycles. The maximum atomic E-state index is 10.9. The van der Waals surface area contributed by atoms with Crippen LogP contribution in [-0.2, 0) is 4.79 Å². The minimum absolute atomic E-state index is 0.163. The van der Waals surface area contributed by atoms with Crippen molar-refractivity contribution >= 4 is 16.8 Å². The van der Waals surface area contributed by atoms with Crippen molar-refractivity contribution in [1.82, 2.24) is 4.90 Å². The van der Waals surface area contributed by atoms with Gasteiger partial charge in [0.05, 0.1) is 0 Å². The van der Waals surface area contributed by atoms with Gasteiger partial charge in [-0.3, -0.25) is 9.69 Å². The molecule has 0 radical (unpaired) electrons. The van der Waals surface area contributed by atoms with Crippen LogP contribution in [0.3, 0.4) is 0 Å². The highest BCUT2D eigenvalue weighted by atomic mass is 35.5. The maximum absolute atomic E-state index is 10.9. The minimum Gasteiger partial charge on any atom is -0.297 e. The first kappa shape index (κ1) is 8.52. The highest BCUT2D eigenvalue weighted by molar-refractivity contribution is 6.63. The smallest absolute Gasteiger partial charge is 0.223 e. The summed E-state index contributed by atoms with van der Waals surface area (Å²) in [7, 11) is 0. The molecule has 0 saturated carbocycles. The first-order valence-corrected chi connectivity index (χ1v) is 5.04. The lowest BCUT2D eigenvalue weighted by atomic mass is 9.91. The minimum atomic E-state index is -0.163. The van der Waals surface area contributed by atoms with Crippen LogP contribution in [0.15, 0.2) is 0 Å². The number of halogens is 1. The van der Waals surface area contributed by atoms with Crippen LogP contribution >= 0.6 is 11.6 Å². The van der Waals surface area contributed by atoms with Crippen LogP contribution in [0.5, 0.6) is 0 Å². The summed E-state index contributed by atoms with van der Waals surface area (Å²) in [6.45, 7) is 2.34. The Morgan fingerprint density at radius 1 is 1.33 bits per heavy atom. The van der Waals surface area contributed by atoms with E-state index in [0.29, 0.717) is 6.42 Å². The third kappa shape index (κ3) is 1.27. The van der Waals surface area contributed by atoms with Crippen molar-refractivity contribution < 1.29 is 4.79 Å². The molecule has 0 aromatic carbocycles. The Morgan fingerprint density at radius 3 is 2.42 bits per heavy atom. The zero-order valence-corrected chi connectivity index (χ0v) is 7.94. The van der Waals surface area contributed by atoms with Gasteiger partial charge in [0.15, 0.2) is 0 Å². The van der Waals surface area contributed by atoms with E-state index in [-0.39, 0.29) is 10.8 Å². The Morgan fingerprint density at radius 2 is 1.92 bits per heavy atom. The lowest BCUT2D eigenvalue weighted by Crippen LogP contribution is -2.39.